The Morgan fingerprint density at radius 2 is 2.18 bits per heavy atom. The smallest absolute Gasteiger partial charge is 0.332 e. The van der Waals surface area contributed by atoms with Crippen LogP contribution in [0.5, 0.6) is 0 Å². The second kappa shape index (κ2) is 6.70. The van der Waals surface area contributed by atoms with E-state index in [0.29, 0.717) is 6.61 Å². The number of anilines is 1. The number of benzene rings is 1. The van der Waals surface area contributed by atoms with Crippen LogP contribution in [0.25, 0.3) is 0 Å². The van der Waals surface area contributed by atoms with Crippen LogP contribution in [0.4, 0.5) is 5.69 Å². The lowest BCUT2D eigenvalue weighted by Crippen LogP contribution is -2.12. The first kappa shape index (κ1) is 13.3. The first-order valence-electron chi connectivity index (χ1n) is 5.37. The van der Waals surface area contributed by atoms with Crippen LogP contribution in [0, 0.1) is 0 Å². The Labute approximate surface area is 101 Å². The van der Waals surface area contributed by atoms with E-state index in [2.05, 4.69) is 11.9 Å². The lowest BCUT2D eigenvalue weighted by molar-refractivity contribution is -0.132. The van der Waals surface area contributed by atoms with Gasteiger partial charge in [-0.05, 0) is 18.1 Å². The molecule has 0 fully saturated rings. The van der Waals surface area contributed by atoms with Crippen LogP contribution in [-0.2, 0) is 16.0 Å². The van der Waals surface area contributed by atoms with Crippen molar-refractivity contribution < 1.29 is 14.6 Å². The molecule has 0 atom stereocenters. The van der Waals surface area contributed by atoms with Crippen molar-refractivity contribution in [2.45, 2.75) is 6.42 Å². The Morgan fingerprint density at radius 1 is 1.47 bits per heavy atom. The number of hydrogen-bond acceptors (Lipinski definition) is 3. The molecule has 0 aliphatic carbocycles. The molecule has 92 valence electrons. The average molecular weight is 235 g/mol. The summed E-state index contributed by atoms with van der Waals surface area (Å²) in [5.41, 5.74) is 2.17. The van der Waals surface area contributed by atoms with E-state index in [1.807, 2.05) is 24.3 Å². The molecule has 2 N–H and O–H groups in total. The maximum Gasteiger partial charge on any atom is 0.332 e. The molecule has 0 bridgehead atoms. The zero-order chi connectivity index (χ0) is 12.7. The van der Waals surface area contributed by atoms with Gasteiger partial charge in [0.1, 0.15) is 0 Å². The highest BCUT2D eigenvalue weighted by Crippen LogP contribution is 2.15. The fraction of sp³-hybridized carbons (Fsp3) is 0.308. The van der Waals surface area contributed by atoms with Gasteiger partial charge in [0.2, 0.25) is 0 Å². The van der Waals surface area contributed by atoms with E-state index < -0.39 is 5.97 Å². The number of carbonyl (C=O) groups is 1. The highest BCUT2D eigenvalue weighted by molar-refractivity contribution is 5.86. The quantitative estimate of drug-likeness (QED) is 0.709. The van der Waals surface area contributed by atoms with Gasteiger partial charge in [0, 0.05) is 24.9 Å². The van der Waals surface area contributed by atoms with Crippen molar-refractivity contribution in [1.29, 1.82) is 0 Å². The number of para-hydroxylation sites is 1. The summed E-state index contributed by atoms with van der Waals surface area (Å²) < 4.78 is 5.03. The molecule has 0 spiro atoms. The third-order valence-electron chi connectivity index (χ3n) is 2.39. The molecule has 0 amide bonds. The number of methoxy groups -OCH3 is 1. The van der Waals surface area contributed by atoms with Gasteiger partial charge in [-0.15, -0.1) is 0 Å². The highest BCUT2D eigenvalue weighted by atomic mass is 16.5. The second-order valence-corrected chi connectivity index (χ2v) is 3.66. The standard InChI is InChI=1S/C13H17NO3/c1-10(13(15)16)9-14-12-6-4-3-5-11(12)7-8-17-2/h3-6,14H,1,7-9H2,2H3,(H,15,16). The summed E-state index contributed by atoms with van der Waals surface area (Å²) in [6.45, 7) is 4.35. The van der Waals surface area contributed by atoms with E-state index in [-0.39, 0.29) is 12.1 Å². The van der Waals surface area contributed by atoms with Gasteiger partial charge < -0.3 is 15.2 Å². The fourth-order valence-corrected chi connectivity index (χ4v) is 1.40. The summed E-state index contributed by atoms with van der Waals surface area (Å²) >= 11 is 0. The van der Waals surface area contributed by atoms with Crippen LogP contribution >= 0.6 is 0 Å². The maximum absolute atomic E-state index is 10.6. The van der Waals surface area contributed by atoms with E-state index in [4.69, 9.17) is 9.84 Å². The Balaban J connectivity index is 2.63. The van der Waals surface area contributed by atoms with Crippen LogP contribution in [0.3, 0.4) is 0 Å². The van der Waals surface area contributed by atoms with Crippen LogP contribution in [-0.4, -0.2) is 31.3 Å². The van der Waals surface area contributed by atoms with E-state index in [1.165, 1.54) is 0 Å². The predicted molar refractivity (Wildman–Crippen MR) is 67.3 cm³/mol. The largest absolute Gasteiger partial charge is 0.478 e. The fourth-order valence-electron chi connectivity index (χ4n) is 1.40. The molecule has 0 radical (unpaired) electrons. The van der Waals surface area contributed by atoms with Gasteiger partial charge in [-0.1, -0.05) is 24.8 Å². The lowest BCUT2D eigenvalue weighted by Gasteiger charge is -2.11. The topological polar surface area (TPSA) is 58.6 Å². The Bertz CT molecular complexity index is 401. The number of nitrogens with one attached hydrogen (secondary N) is 1. The average Bonchev–Trinajstić information content (AvgIpc) is 2.34. The minimum absolute atomic E-state index is 0.145. The van der Waals surface area contributed by atoms with Crippen molar-refractivity contribution in [1.82, 2.24) is 0 Å². The zero-order valence-corrected chi connectivity index (χ0v) is 9.90. The lowest BCUT2D eigenvalue weighted by atomic mass is 10.1. The molecule has 4 heteroatoms. The first-order chi connectivity index (χ1) is 8.15. The van der Waals surface area contributed by atoms with Gasteiger partial charge >= 0.3 is 5.97 Å². The minimum atomic E-state index is -0.980. The molecule has 1 rings (SSSR count). The van der Waals surface area contributed by atoms with Crippen molar-refractivity contribution in [3.05, 3.63) is 42.0 Å². The van der Waals surface area contributed by atoms with Gasteiger partial charge in [-0.25, -0.2) is 4.79 Å². The molecule has 0 saturated heterocycles. The van der Waals surface area contributed by atoms with Gasteiger partial charge in [0.05, 0.1) is 6.61 Å². The molecule has 0 aliphatic heterocycles. The minimum Gasteiger partial charge on any atom is -0.478 e. The molecule has 0 heterocycles. The number of carboxylic acids is 1. The van der Waals surface area contributed by atoms with Gasteiger partial charge in [-0.3, -0.25) is 0 Å². The van der Waals surface area contributed by atoms with E-state index in [1.54, 1.807) is 7.11 Å². The van der Waals surface area contributed by atoms with Gasteiger partial charge in [0.15, 0.2) is 0 Å². The summed E-state index contributed by atoms with van der Waals surface area (Å²) in [5.74, 6) is -0.980. The highest BCUT2D eigenvalue weighted by Gasteiger charge is 2.05. The summed E-state index contributed by atoms with van der Waals surface area (Å²) in [6.07, 6.45) is 0.791. The van der Waals surface area contributed by atoms with Crippen LogP contribution < -0.4 is 5.32 Å². The Morgan fingerprint density at radius 3 is 2.82 bits per heavy atom. The molecule has 4 nitrogen and oxygen atoms in total. The molecule has 0 aromatic heterocycles. The molecule has 1 aromatic carbocycles. The third-order valence-corrected chi connectivity index (χ3v) is 2.39. The summed E-state index contributed by atoms with van der Waals surface area (Å²) in [4.78, 5) is 10.6. The molecule has 0 aliphatic rings. The number of ether oxygens (including phenoxy) is 1. The van der Waals surface area contributed by atoms with Crippen molar-refractivity contribution in [2.75, 3.05) is 25.6 Å². The number of aliphatic carboxylic acids is 1. The summed E-state index contributed by atoms with van der Waals surface area (Å²) in [6, 6.07) is 7.76. The zero-order valence-electron chi connectivity index (χ0n) is 9.90. The monoisotopic (exact) mass is 235 g/mol. The second-order valence-electron chi connectivity index (χ2n) is 3.66. The van der Waals surface area contributed by atoms with Gasteiger partial charge in [-0.2, -0.15) is 0 Å². The molecule has 17 heavy (non-hydrogen) atoms. The summed E-state index contributed by atoms with van der Waals surface area (Å²) in [7, 11) is 1.66. The van der Waals surface area contributed by atoms with Crippen molar-refractivity contribution in [3.8, 4) is 0 Å². The van der Waals surface area contributed by atoms with Crippen molar-refractivity contribution in [2.24, 2.45) is 0 Å². The van der Waals surface area contributed by atoms with E-state index in [0.717, 1.165) is 17.7 Å². The van der Waals surface area contributed by atoms with Crippen LogP contribution in [0.15, 0.2) is 36.4 Å². The molecule has 0 saturated carbocycles. The molecule has 0 unspecified atom stereocenters. The van der Waals surface area contributed by atoms with Crippen LogP contribution in [0.2, 0.25) is 0 Å². The number of rotatable bonds is 7. The Hall–Kier alpha value is -1.81. The van der Waals surface area contributed by atoms with E-state index in [9.17, 15) is 4.79 Å². The molecule has 1 aromatic rings. The van der Waals surface area contributed by atoms with Crippen molar-refractivity contribution >= 4 is 11.7 Å². The van der Waals surface area contributed by atoms with E-state index >= 15 is 0 Å². The maximum atomic E-state index is 10.6. The summed E-state index contributed by atoms with van der Waals surface area (Å²) in [5, 5.41) is 11.8. The van der Waals surface area contributed by atoms with Crippen molar-refractivity contribution in [3.63, 3.8) is 0 Å². The number of carboxylic acid groups (broad SMARTS) is 1. The SMILES string of the molecule is C=C(CNc1ccccc1CCOC)C(=O)O. The number of hydrogen-bond donors (Lipinski definition) is 2. The Kier molecular flexibility index (Phi) is 5.23. The van der Waals surface area contributed by atoms with Gasteiger partial charge in [0.25, 0.3) is 0 Å². The predicted octanol–water partition coefficient (Wildman–Crippen LogP) is 1.93. The molecular formula is C13H17NO3. The first-order valence-corrected chi connectivity index (χ1v) is 5.37. The van der Waals surface area contributed by atoms with Crippen LogP contribution in [0.1, 0.15) is 5.56 Å². The normalized spacial score (nSPS) is 9.94. The molecular weight excluding hydrogens is 218 g/mol. The third kappa shape index (κ3) is 4.28.